The number of nitrogens with zero attached hydrogens (tertiary/aromatic N) is 5. The Kier molecular flexibility index (Phi) is 5.83. The summed E-state index contributed by atoms with van der Waals surface area (Å²) in [6.45, 7) is 4.62. The van der Waals surface area contributed by atoms with Crippen molar-refractivity contribution in [3.05, 3.63) is 89.4 Å². The number of nitrogens with one attached hydrogen (secondary N) is 1. The third kappa shape index (κ3) is 4.35. The van der Waals surface area contributed by atoms with Crippen LogP contribution in [0.5, 0.6) is 0 Å². The van der Waals surface area contributed by atoms with Crippen molar-refractivity contribution in [1.82, 2.24) is 30.0 Å². The standard InChI is InChI=1S/C27H26N6OS/c1-18-23(26(34)30-21-11-12-32(16-21)15-19-7-3-2-4-8-19)14-29-33(18)27-28-13-20-17-35-24-10-6-5-9-22(24)25(20)31-27/h2-10,13-14,21H,11-12,15-17H2,1H3,(H,30,34). The van der Waals surface area contributed by atoms with E-state index in [0.717, 1.165) is 54.3 Å². The number of thioether (sulfide) groups is 1. The van der Waals surface area contributed by atoms with Crippen LogP contribution < -0.4 is 5.32 Å². The van der Waals surface area contributed by atoms with Gasteiger partial charge in [-0.05, 0) is 25.0 Å². The van der Waals surface area contributed by atoms with Crippen LogP contribution in [0.25, 0.3) is 17.2 Å². The molecule has 2 aromatic carbocycles. The van der Waals surface area contributed by atoms with E-state index < -0.39 is 0 Å². The summed E-state index contributed by atoms with van der Waals surface area (Å²) in [6.07, 6.45) is 4.44. The summed E-state index contributed by atoms with van der Waals surface area (Å²) >= 11 is 1.80. The number of fused-ring (bicyclic) bond motifs is 3. The summed E-state index contributed by atoms with van der Waals surface area (Å²) in [4.78, 5) is 26.1. The number of likely N-dealkylation sites (tertiary alicyclic amines) is 1. The van der Waals surface area contributed by atoms with Crippen LogP contribution in [-0.2, 0) is 12.3 Å². The monoisotopic (exact) mass is 482 g/mol. The van der Waals surface area contributed by atoms with Gasteiger partial charge in [0.1, 0.15) is 0 Å². The number of hydrogen-bond acceptors (Lipinski definition) is 6. The molecule has 0 bridgehead atoms. The second-order valence-corrected chi connectivity index (χ2v) is 10.1. The predicted molar refractivity (Wildman–Crippen MR) is 136 cm³/mol. The van der Waals surface area contributed by atoms with Crippen LogP contribution in [0.2, 0.25) is 0 Å². The van der Waals surface area contributed by atoms with E-state index in [9.17, 15) is 4.79 Å². The number of benzene rings is 2. The Morgan fingerprint density at radius 1 is 1.11 bits per heavy atom. The van der Waals surface area contributed by atoms with Crippen LogP contribution in [-0.4, -0.2) is 49.7 Å². The molecule has 1 saturated heterocycles. The molecule has 1 fully saturated rings. The fraction of sp³-hybridized carbons (Fsp3) is 0.259. The maximum Gasteiger partial charge on any atom is 0.255 e. The SMILES string of the molecule is Cc1c(C(=O)NC2CCN(Cc3ccccc3)C2)cnn1-c1ncc2c(n1)-c1ccccc1SC2. The van der Waals surface area contributed by atoms with Gasteiger partial charge in [-0.25, -0.2) is 14.6 Å². The lowest BCUT2D eigenvalue weighted by Crippen LogP contribution is -2.37. The van der Waals surface area contributed by atoms with Crippen LogP contribution >= 0.6 is 11.8 Å². The number of rotatable bonds is 5. The molecule has 1 unspecified atom stereocenters. The minimum Gasteiger partial charge on any atom is -0.348 e. The van der Waals surface area contributed by atoms with Crippen molar-refractivity contribution in [3.63, 3.8) is 0 Å². The lowest BCUT2D eigenvalue weighted by atomic mass is 10.1. The van der Waals surface area contributed by atoms with Gasteiger partial charge in [0.05, 0.1) is 23.1 Å². The lowest BCUT2D eigenvalue weighted by Gasteiger charge is -2.18. The number of carbonyl (C=O) groups excluding carboxylic acids is 1. The summed E-state index contributed by atoms with van der Waals surface area (Å²) in [5.41, 5.74) is 5.76. The van der Waals surface area contributed by atoms with Crippen LogP contribution in [0.15, 0.2) is 71.9 Å². The van der Waals surface area contributed by atoms with Crippen molar-refractivity contribution >= 4 is 17.7 Å². The molecule has 0 saturated carbocycles. The van der Waals surface area contributed by atoms with Gasteiger partial charge in [0, 0.05) is 53.6 Å². The van der Waals surface area contributed by atoms with E-state index in [1.54, 1.807) is 22.6 Å². The summed E-state index contributed by atoms with van der Waals surface area (Å²) < 4.78 is 1.66. The molecule has 1 amide bonds. The Morgan fingerprint density at radius 3 is 2.83 bits per heavy atom. The van der Waals surface area contributed by atoms with Crippen molar-refractivity contribution in [2.24, 2.45) is 0 Å². The second kappa shape index (κ2) is 9.28. The van der Waals surface area contributed by atoms with Crippen molar-refractivity contribution in [2.75, 3.05) is 13.1 Å². The summed E-state index contributed by atoms with van der Waals surface area (Å²) in [5.74, 6) is 1.23. The highest BCUT2D eigenvalue weighted by molar-refractivity contribution is 7.98. The van der Waals surface area contributed by atoms with Crippen molar-refractivity contribution in [2.45, 2.75) is 36.6 Å². The molecule has 2 aliphatic heterocycles. The molecule has 6 rings (SSSR count). The number of carbonyl (C=O) groups is 1. The topological polar surface area (TPSA) is 75.9 Å². The number of hydrogen-bond donors (Lipinski definition) is 1. The highest BCUT2D eigenvalue weighted by atomic mass is 32.2. The van der Waals surface area contributed by atoms with E-state index in [0.29, 0.717) is 11.5 Å². The van der Waals surface area contributed by atoms with E-state index in [1.807, 2.05) is 31.3 Å². The summed E-state index contributed by atoms with van der Waals surface area (Å²) in [5, 5.41) is 7.67. The fourth-order valence-electron chi connectivity index (χ4n) is 4.81. The molecular formula is C27H26N6OS. The highest BCUT2D eigenvalue weighted by Crippen LogP contribution is 2.40. The molecule has 1 atom stereocenters. The molecule has 0 spiro atoms. The van der Waals surface area contributed by atoms with Gasteiger partial charge in [-0.1, -0.05) is 48.5 Å². The van der Waals surface area contributed by atoms with Gasteiger partial charge >= 0.3 is 0 Å². The molecule has 35 heavy (non-hydrogen) atoms. The Balaban J connectivity index is 1.17. The van der Waals surface area contributed by atoms with Crippen molar-refractivity contribution in [1.29, 1.82) is 0 Å². The van der Waals surface area contributed by atoms with E-state index >= 15 is 0 Å². The second-order valence-electron chi connectivity index (χ2n) is 9.06. The van der Waals surface area contributed by atoms with Crippen molar-refractivity contribution < 1.29 is 4.79 Å². The molecule has 0 radical (unpaired) electrons. The van der Waals surface area contributed by atoms with E-state index in [-0.39, 0.29) is 11.9 Å². The number of amides is 1. The minimum atomic E-state index is -0.0972. The Bertz CT molecular complexity index is 1390. The van der Waals surface area contributed by atoms with Gasteiger partial charge in [-0.3, -0.25) is 9.69 Å². The van der Waals surface area contributed by atoms with Crippen LogP contribution in [0.3, 0.4) is 0 Å². The lowest BCUT2D eigenvalue weighted by molar-refractivity contribution is 0.0937. The Hall–Kier alpha value is -3.49. The fourth-order valence-corrected chi connectivity index (χ4v) is 5.83. The Morgan fingerprint density at radius 2 is 1.94 bits per heavy atom. The molecule has 8 heteroatoms. The molecule has 176 valence electrons. The first-order valence-corrected chi connectivity index (χ1v) is 12.8. The average molecular weight is 483 g/mol. The molecule has 4 aromatic rings. The van der Waals surface area contributed by atoms with Gasteiger partial charge in [0.15, 0.2) is 0 Å². The van der Waals surface area contributed by atoms with Crippen LogP contribution in [0, 0.1) is 6.92 Å². The zero-order chi connectivity index (χ0) is 23.8. The molecule has 2 aromatic heterocycles. The van der Waals surface area contributed by atoms with E-state index in [1.165, 1.54) is 10.5 Å². The van der Waals surface area contributed by atoms with Gasteiger partial charge < -0.3 is 5.32 Å². The summed E-state index contributed by atoms with van der Waals surface area (Å²) in [6, 6.07) is 18.9. The predicted octanol–water partition coefficient (Wildman–Crippen LogP) is 4.25. The molecule has 1 N–H and O–H groups in total. The third-order valence-corrected chi connectivity index (χ3v) is 7.80. The van der Waals surface area contributed by atoms with Crippen molar-refractivity contribution in [3.8, 4) is 17.2 Å². The minimum absolute atomic E-state index is 0.0972. The van der Waals surface area contributed by atoms with Gasteiger partial charge in [-0.15, -0.1) is 11.8 Å². The first kappa shape index (κ1) is 22.0. The molecule has 2 aliphatic rings. The molecule has 4 heterocycles. The van der Waals surface area contributed by atoms with Gasteiger partial charge in [0.25, 0.3) is 11.9 Å². The smallest absolute Gasteiger partial charge is 0.255 e. The average Bonchev–Trinajstić information content (AvgIpc) is 3.50. The molecule has 0 aliphatic carbocycles. The molecule has 7 nitrogen and oxygen atoms in total. The number of aromatic nitrogens is 4. The maximum absolute atomic E-state index is 13.1. The Labute approximate surface area is 208 Å². The zero-order valence-electron chi connectivity index (χ0n) is 19.5. The van der Waals surface area contributed by atoms with Gasteiger partial charge in [0.2, 0.25) is 0 Å². The zero-order valence-corrected chi connectivity index (χ0v) is 20.3. The normalized spacial score (nSPS) is 17.1. The third-order valence-electron chi connectivity index (χ3n) is 6.68. The quantitative estimate of drug-likeness (QED) is 0.458. The maximum atomic E-state index is 13.1. The van der Waals surface area contributed by atoms with Gasteiger partial charge in [-0.2, -0.15) is 5.10 Å². The van der Waals surface area contributed by atoms with Crippen LogP contribution in [0.4, 0.5) is 0 Å². The van der Waals surface area contributed by atoms with E-state index in [2.05, 4.69) is 56.7 Å². The van der Waals surface area contributed by atoms with Crippen LogP contribution in [0.1, 0.15) is 33.6 Å². The first-order valence-electron chi connectivity index (χ1n) is 11.9. The van der Waals surface area contributed by atoms with E-state index in [4.69, 9.17) is 4.98 Å². The molecular weight excluding hydrogens is 456 g/mol. The largest absolute Gasteiger partial charge is 0.348 e. The highest BCUT2D eigenvalue weighted by Gasteiger charge is 2.26. The summed E-state index contributed by atoms with van der Waals surface area (Å²) in [7, 11) is 0. The first-order chi connectivity index (χ1) is 17.2.